The number of benzene rings is 1. The van der Waals surface area contributed by atoms with Crippen LogP contribution in [-0.2, 0) is 17.8 Å². The zero-order valence-corrected chi connectivity index (χ0v) is 8.75. The van der Waals surface area contributed by atoms with Crippen LogP contribution in [0.4, 0.5) is 0 Å². The molecule has 1 aromatic carbocycles. The van der Waals surface area contributed by atoms with Gasteiger partial charge in [-0.05, 0) is 18.1 Å². The van der Waals surface area contributed by atoms with E-state index < -0.39 is 0 Å². The van der Waals surface area contributed by atoms with Crippen LogP contribution in [0, 0.1) is 0 Å². The molecule has 0 spiro atoms. The van der Waals surface area contributed by atoms with Crippen molar-refractivity contribution < 1.29 is 9.47 Å². The summed E-state index contributed by atoms with van der Waals surface area (Å²) in [5.41, 5.74) is 2.32. The van der Waals surface area contributed by atoms with Crippen molar-refractivity contribution in [1.29, 1.82) is 0 Å². The SMILES string of the molecule is C=CCc1c(COC)cccc1OC. The van der Waals surface area contributed by atoms with Gasteiger partial charge in [-0.2, -0.15) is 0 Å². The Morgan fingerprint density at radius 2 is 2.14 bits per heavy atom. The molecular formula is C12H16O2. The molecule has 0 bridgehead atoms. The van der Waals surface area contributed by atoms with E-state index in [1.165, 1.54) is 0 Å². The number of methoxy groups -OCH3 is 2. The Bertz CT molecular complexity index is 305. The second kappa shape index (κ2) is 5.45. The van der Waals surface area contributed by atoms with Gasteiger partial charge in [-0.25, -0.2) is 0 Å². The third-order valence-electron chi connectivity index (χ3n) is 2.10. The normalized spacial score (nSPS) is 9.86. The Kier molecular flexibility index (Phi) is 4.20. The van der Waals surface area contributed by atoms with E-state index >= 15 is 0 Å². The van der Waals surface area contributed by atoms with Crippen LogP contribution < -0.4 is 4.74 Å². The van der Waals surface area contributed by atoms with Crippen molar-refractivity contribution in [2.75, 3.05) is 14.2 Å². The summed E-state index contributed by atoms with van der Waals surface area (Å²) in [6.45, 7) is 4.35. The third kappa shape index (κ3) is 2.36. The molecule has 76 valence electrons. The molecule has 0 saturated heterocycles. The Labute approximate surface area is 85.2 Å². The highest BCUT2D eigenvalue weighted by Gasteiger charge is 2.06. The maximum atomic E-state index is 5.28. The molecule has 0 aliphatic carbocycles. The molecule has 1 aromatic rings. The minimum atomic E-state index is 0.611. The van der Waals surface area contributed by atoms with E-state index in [0.29, 0.717) is 6.61 Å². The lowest BCUT2D eigenvalue weighted by molar-refractivity contribution is 0.184. The van der Waals surface area contributed by atoms with Gasteiger partial charge < -0.3 is 9.47 Å². The molecule has 0 radical (unpaired) electrons. The molecule has 14 heavy (non-hydrogen) atoms. The molecule has 2 heteroatoms. The van der Waals surface area contributed by atoms with Crippen molar-refractivity contribution in [3.05, 3.63) is 42.0 Å². The van der Waals surface area contributed by atoms with Crippen molar-refractivity contribution in [3.8, 4) is 5.75 Å². The van der Waals surface area contributed by atoms with E-state index in [2.05, 4.69) is 6.58 Å². The van der Waals surface area contributed by atoms with Gasteiger partial charge in [0.25, 0.3) is 0 Å². The molecular weight excluding hydrogens is 176 g/mol. The molecule has 0 saturated carbocycles. The predicted molar refractivity (Wildman–Crippen MR) is 57.6 cm³/mol. The number of rotatable bonds is 5. The van der Waals surface area contributed by atoms with Crippen molar-refractivity contribution in [1.82, 2.24) is 0 Å². The first-order valence-electron chi connectivity index (χ1n) is 4.58. The van der Waals surface area contributed by atoms with E-state index in [9.17, 15) is 0 Å². The van der Waals surface area contributed by atoms with Crippen molar-refractivity contribution >= 4 is 0 Å². The van der Waals surface area contributed by atoms with E-state index in [0.717, 1.165) is 23.3 Å². The molecule has 0 amide bonds. The van der Waals surface area contributed by atoms with E-state index in [1.807, 2.05) is 24.3 Å². The number of allylic oxidation sites excluding steroid dienone is 1. The zero-order valence-electron chi connectivity index (χ0n) is 8.75. The highest BCUT2D eigenvalue weighted by Crippen LogP contribution is 2.23. The Morgan fingerprint density at radius 1 is 1.36 bits per heavy atom. The van der Waals surface area contributed by atoms with Crippen molar-refractivity contribution in [2.45, 2.75) is 13.0 Å². The fraction of sp³-hybridized carbons (Fsp3) is 0.333. The van der Waals surface area contributed by atoms with Gasteiger partial charge in [-0.15, -0.1) is 6.58 Å². The Morgan fingerprint density at radius 3 is 2.71 bits per heavy atom. The van der Waals surface area contributed by atoms with Gasteiger partial charge in [-0.1, -0.05) is 18.2 Å². The van der Waals surface area contributed by atoms with Crippen molar-refractivity contribution in [2.24, 2.45) is 0 Å². The summed E-state index contributed by atoms with van der Waals surface area (Å²) < 4.78 is 10.4. The quantitative estimate of drug-likeness (QED) is 0.667. The molecule has 0 unspecified atom stereocenters. The van der Waals surface area contributed by atoms with Crippen LogP contribution in [0.15, 0.2) is 30.9 Å². The first-order valence-corrected chi connectivity index (χ1v) is 4.58. The molecule has 0 fully saturated rings. The largest absolute Gasteiger partial charge is 0.496 e. The maximum absolute atomic E-state index is 5.28. The fourth-order valence-electron chi connectivity index (χ4n) is 1.47. The first-order chi connectivity index (χ1) is 6.83. The molecule has 0 aliphatic rings. The summed E-state index contributed by atoms with van der Waals surface area (Å²) in [7, 11) is 3.37. The van der Waals surface area contributed by atoms with Gasteiger partial charge in [0.05, 0.1) is 13.7 Å². The van der Waals surface area contributed by atoms with Crippen LogP contribution in [0.25, 0.3) is 0 Å². The van der Waals surface area contributed by atoms with Crippen LogP contribution in [0.1, 0.15) is 11.1 Å². The summed E-state index contributed by atoms with van der Waals surface area (Å²) in [5, 5.41) is 0. The summed E-state index contributed by atoms with van der Waals surface area (Å²) >= 11 is 0. The topological polar surface area (TPSA) is 18.5 Å². The average Bonchev–Trinajstić information content (AvgIpc) is 2.21. The van der Waals surface area contributed by atoms with Crippen LogP contribution in [0.5, 0.6) is 5.75 Å². The average molecular weight is 192 g/mol. The number of hydrogen-bond acceptors (Lipinski definition) is 2. The van der Waals surface area contributed by atoms with Crippen LogP contribution >= 0.6 is 0 Å². The predicted octanol–water partition coefficient (Wildman–Crippen LogP) is 2.57. The van der Waals surface area contributed by atoms with E-state index in [-0.39, 0.29) is 0 Å². The molecule has 0 heterocycles. The van der Waals surface area contributed by atoms with E-state index in [1.54, 1.807) is 14.2 Å². The number of hydrogen-bond donors (Lipinski definition) is 0. The van der Waals surface area contributed by atoms with Crippen LogP contribution in [0.3, 0.4) is 0 Å². The van der Waals surface area contributed by atoms with Gasteiger partial charge in [-0.3, -0.25) is 0 Å². The maximum Gasteiger partial charge on any atom is 0.122 e. The summed E-state index contributed by atoms with van der Waals surface area (Å²) in [4.78, 5) is 0. The zero-order chi connectivity index (χ0) is 10.4. The highest BCUT2D eigenvalue weighted by molar-refractivity contribution is 5.41. The second-order valence-electron chi connectivity index (χ2n) is 3.02. The van der Waals surface area contributed by atoms with Crippen LogP contribution in [-0.4, -0.2) is 14.2 Å². The molecule has 2 nitrogen and oxygen atoms in total. The third-order valence-corrected chi connectivity index (χ3v) is 2.10. The minimum absolute atomic E-state index is 0.611. The second-order valence-corrected chi connectivity index (χ2v) is 3.02. The summed E-state index contributed by atoms with van der Waals surface area (Å²) in [6, 6.07) is 5.97. The summed E-state index contributed by atoms with van der Waals surface area (Å²) in [6.07, 6.45) is 2.68. The van der Waals surface area contributed by atoms with E-state index in [4.69, 9.17) is 9.47 Å². The molecule has 0 aromatic heterocycles. The van der Waals surface area contributed by atoms with Gasteiger partial charge >= 0.3 is 0 Å². The van der Waals surface area contributed by atoms with Gasteiger partial charge in [0, 0.05) is 12.7 Å². The highest BCUT2D eigenvalue weighted by atomic mass is 16.5. The fourth-order valence-corrected chi connectivity index (χ4v) is 1.47. The molecule has 0 N–H and O–H groups in total. The Balaban J connectivity index is 3.06. The lowest BCUT2D eigenvalue weighted by atomic mass is 10.0. The van der Waals surface area contributed by atoms with Crippen LogP contribution in [0.2, 0.25) is 0 Å². The van der Waals surface area contributed by atoms with Gasteiger partial charge in [0.1, 0.15) is 5.75 Å². The molecule has 1 rings (SSSR count). The lowest BCUT2D eigenvalue weighted by Gasteiger charge is -2.11. The van der Waals surface area contributed by atoms with Crippen molar-refractivity contribution in [3.63, 3.8) is 0 Å². The standard InChI is InChI=1S/C12H16O2/c1-4-6-11-10(9-13-2)7-5-8-12(11)14-3/h4-5,7-8H,1,6,9H2,2-3H3. The summed E-state index contributed by atoms with van der Waals surface area (Å²) in [5.74, 6) is 0.902. The van der Waals surface area contributed by atoms with Gasteiger partial charge in [0.2, 0.25) is 0 Å². The molecule has 0 atom stereocenters. The monoisotopic (exact) mass is 192 g/mol. The van der Waals surface area contributed by atoms with Gasteiger partial charge in [0.15, 0.2) is 0 Å². The Hall–Kier alpha value is -1.28. The smallest absolute Gasteiger partial charge is 0.122 e. The lowest BCUT2D eigenvalue weighted by Crippen LogP contribution is -1.98. The minimum Gasteiger partial charge on any atom is -0.496 e. The number of ether oxygens (including phenoxy) is 2. The molecule has 0 aliphatic heterocycles. The first kappa shape index (κ1) is 10.8.